The van der Waals surface area contributed by atoms with Gasteiger partial charge in [-0.2, -0.15) is 5.10 Å². The lowest BCUT2D eigenvalue weighted by Crippen LogP contribution is -2.09. The van der Waals surface area contributed by atoms with E-state index >= 15 is 0 Å². The molecule has 0 aliphatic heterocycles. The number of imidazole rings is 1. The van der Waals surface area contributed by atoms with E-state index in [0.29, 0.717) is 11.4 Å². The van der Waals surface area contributed by atoms with Gasteiger partial charge in [-0.25, -0.2) is 4.98 Å². The molecule has 2 aromatic carbocycles. The van der Waals surface area contributed by atoms with Crippen molar-refractivity contribution in [3.8, 4) is 0 Å². The summed E-state index contributed by atoms with van der Waals surface area (Å²) in [5.41, 5.74) is 3.66. The standard InChI is InChI=1S/C15H13ClN4/c16-11-7-5-10(6-8-11)14(20-17)9-15-18-12-3-1-2-4-13(12)19-15/h1-8H,9,17H2,(H,18,19)/b20-14+. The molecular formula is C15H13ClN4. The maximum atomic E-state index is 5.88. The van der Waals surface area contributed by atoms with Crippen LogP contribution in [0.4, 0.5) is 0 Å². The molecule has 1 aromatic heterocycles. The smallest absolute Gasteiger partial charge is 0.113 e. The summed E-state index contributed by atoms with van der Waals surface area (Å²) in [5, 5.41) is 4.56. The van der Waals surface area contributed by atoms with Crippen molar-refractivity contribution in [3.05, 3.63) is 64.9 Å². The monoisotopic (exact) mass is 284 g/mol. The first-order chi connectivity index (χ1) is 9.76. The van der Waals surface area contributed by atoms with Gasteiger partial charge in [0.1, 0.15) is 5.82 Å². The number of nitrogens with two attached hydrogens (primary N) is 1. The van der Waals surface area contributed by atoms with Crippen LogP contribution in [0.2, 0.25) is 5.02 Å². The van der Waals surface area contributed by atoms with Crippen LogP contribution in [0, 0.1) is 0 Å². The van der Waals surface area contributed by atoms with Crippen LogP contribution in [0.3, 0.4) is 0 Å². The first-order valence-electron chi connectivity index (χ1n) is 6.22. The maximum absolute atomic E-state index is 5.88. The SMILES string of the molecule is N/N=C(\Cc1nc2ccccc2[nH]1)c1ccc(Cl)cc1. The predicted molar refractivity (Wildman–Crippen MR) is 82.0 cm³/mol. The average molecular weight is 285 g/mol. The molecule has 0 radical (unpaired) electrons. The third kappa shape index (κ3) is 2.51. The topological polar surface area (TPSA) is 67.1 Å². The van der Waals surface area contributed by atoms with Crippen molar-refractivity contribution >= 4 is 28.3 Å². The minimum atomic E-state index is 0.548. The predicted octanol–water partition coefficient (Wildman–Crippen LogP) is 3.12. The Morgan fingerprint density at radius 3 is 2.60 bits per heavy atom. The molecule has 0 aliphatic rings. The number of para-hydroxylation sites is 2. The highest BCUT2D eigenvalue weighted by atomic mass is 35.5. The van der Waals surface area contributed by atoms with E-state index in [9.17, 15) is 0 Å². The number of nitrogens with zero attached hydrogens (tertiary/aromatic N) is 2. The second-order valence-electron chi connectivity index (χ2n) is 4.46. The Kier molecular flexibility index (Phi) is 3.39. The zero-order valence-electron chi connectivity index (χ0n) is 10.7. The van der Waals surface area contributed by atoms with E-state index in [0.717, 1.165) is 28.1 Å². The Bertz CT molecular complexity index is 726. The van der Waals surface area contributed by atoms with Gasteiger partial charge in [-0.05, 0) is 29.8 Å². The average Bonchev–Trinajstić information content (AvgIpc) is 2.88. The van der Waals surface area contributed by atoms with Gasteiger partial charge in [-0.15, -0.1) is 0 Å². The van der Waals surface area contributed by atoms with Gasteiger partial charge in [0.05, 0.1) is 23.2 Å². The first-order valence-corrected chi connectivity index (χ1v) is 6.60. The third-order valence-corrected chi connectivity index (χ3v) is 3.36. The van der Waals surface area contributed by atoms with Crippen molar-refractivity contribution in [1.29, 1.82) is 0 Å². The number of hydrazone groups is 1. The molecule has 0 amide bonds. The fraction of sp³-hybridized carbons (Fsp3) is 0.0667. The van der Waals surface area contributed by atoms with Crippen molar-refractivity contribution in [2.24, 2.45) is 10.9 Å². The molecule has 3 rings (SSSR count). The van der Waals surface area contributed by atoms with Gasteiger partial charge >= 0.3 is 0 Å². The van der Waals surface area contributed by atoms with Crippen LogP contribution in [0.5, 0.6) is 0 Å². The molecule has 0 atom stereocenters. The van der Waals surface area contributed by atoms with Crippen molar-refractivity contribution < 1.29 is 0 Å². The van der Waals surface area contributed by atoms with E-state index in [-0.39, 0.29) is 0 Å². The fourth-order valence-electron chi connectivity index (χ4n) is 2.11. The van der Waals surface area contributed by atoms with Crippen LogP contribution >= 0.6 is 11.6 Å². The number of halogens is 1. The van der Waals surface area contributed by atoms with E-state index in [1.165, 1.54) is 0 Å². The van der Waals surface area contributed by atoms with E-state index < -0.39 is 0 Å². The van der Waals surface area contributed by atoms with Crippen molar-refractivity contribution in [2.45, 2.75) is 6.42 Å². The van der Waals surface area contributed by atoms with Gasteiger partial charge in [0.2, 0.25) is 0 Å². The molecule has 5 heteroatoms. The van der Waals surface area contributed by atoms with E-state index in [4.69, 9.17) is 17.4 Å². The quantitative estimate of drug-likeness (QED) is 0.441. The third-order valence-electron chi connectivity index (χ3n) is 3.11. The molecule has 0 unspecified atom stereocenters. The number of benzene rings is 2. The lowest BCUT2D eigenvalue weighted by atomic mass is 10.1. The Balaban J connectivity index is 1.90. The highest BCUT2D eigenvalue weighted by molar-refractivity contribution is 6.30. The molecule has 4 nitrogen and oxygen atoms in total. The Morgan fingerprint density at radius 1 is 1.15 bits per heavy atom. The molecule has 0 saturated heterocycles. The minimum absolute atomic E-state index is 0.548. The minimum Gasteiger partial charge on any atom is -0.342 e. The molecule has 1 heterocycles. The van der Waals surface area contributed by atoms with E-state index in [1.807, 2.05) is 48.5 Å². The first kappa shape index (κ1) is 12.7. The second kappa shape index (κ2) is 5.35. The summed E-state index contributed by atoms with van der Waals surface area (Å²) < 4.78 is 0. The fourth-order valence-corrected chi connectivity index (χ4v) is 2.24. The van der Waals surface area contributed by atoms with Gasteiger partial charge in [-0.1, -0.05) is 35.9 Å². The summed E-state index contributed by atoms with van der Waals surface area (Å²) in [6, 6.07) is 15.3. The highest BCUT2D eigenvalue weighted by Gasteiger charge is 2.09. The number of hydrogen-bond donors (Lipinski definition) is 2. The van der Waals surface area contributed by atoms with Gasteiger partial charge in [-0.3, -0.25) is 0 Å². The largest absolute Gasteiger partial charge is 0.342 e. The molecule has 0 spiro atoms. The van der Waals surface area contributed by atoms with Crippen molar-refractivity contribution in [1.82, 2.24) is 9.97 Å². The van der Waals surface area contributed by atoms with E-state index in [2.05, 4.69) is 15.1 Å². The van der Waals surface area contributed by atoms with Crippen LogP contribution in [-0.4, -0.2) is 15.7 Å². The Labute approximate surface area is 121 Å². The zero-order valence-corrected chi connectivity index (χ0v) is 11.4. The summed E-state index contributed by atoms with van der Waals surface area (Å²) in [4.78, 5) is 7.79. The van der Waals surface area contributed by atoms with Crippen molar-refractivity contribution in [2.75, 3.05) is 0 Å². The van der Waals surface area contributed by atoms with E-state index in [1.54, 1.807) is 0 Å². The highest BCUT2D eigenvalue weighted by Crippen LogP contribution is 2.14. The van der Waals surface area contributed by atoms with Crippen LogP contribution in [-0.2, 0) is 6.42 Å². The van der Waals surface area contributed by atoms with Gasteiger partial charge in [0.15, 0.2) is 0 Å². The lowest BCUT2D eigenvalue weighted by Gasteiger charge is -2.03. The number of fused-ring (bicyclic) bond motifs is 1. The molecule has 0 saturated carbocycles. The molecule has 3 N–H and O–H groups in total. The Hall–Kier alpha value is -2.33. The molecule has 0 aliphatic carbocycles. The normalized spacial score (nSPS) is 11.9. The van der Waals surface area contributed by atoms with Crippen molar-refractivity contribution in [3.63, 3.8) is 0 Å². The molecule has 100 valence electrons. The summed E-state index contributed by atoms with van der Waals surface area (Å²) in [6.45, 7) is 0. The van der Waals surface area contributed by atoms with Crippen LogP contribution in [0.1, 0.15) is 11.4 Å². The Morgan fingerprint density at radius 2 is 1.90 bits per heavy atom. The zero-order chi connectivity index (χ0) is 13.9. The van der Waals surface area contributed by atoms with Gasteiger partial charge < -0.3 is 10.8 Å². The second-order valence-corrected chi connectivity index (χ2v) is 4.90. The maximum Gasteiger partial charge on any atom is 0.113 e. The summed E-state index contributed by atoms with van der Waals surface area (Å²) in [5.74, 6) is 6.34. The lowest BCUT2D eigenvalue weighted by molar-refractivity contribution is 1.08. The number of nitrogens with one attached hydrogen (secondary N) is 1. The molecular weight excluding hydrogens is 272 g/mol. The van der Waals surface area contributed by atoms with Crippen LogP contribution in [0.15, 0.2) is 53.6 Å². The van der Waals surface area contributed by atoms with Crippen LogP contribution in [0.25, 0.3) is 11.0 Å². The van der Waals surface area contributed by atoms with Gasteiger partial charge in [0.25, 0.3) is 0 Å². The molecule has 3 aromatic rings. The molecule has 20 heavy (non-hydrogen) atoms. The summed E-state index contributed by atoms with van der Waals surface area (Å²) >= 11 is 5.88. The number of hydrogen-bond acceptors (Lipinski definition) is 3. The summed E-state index contributed by atoms with van der Waals surface area (Å²) in [7, 11) is 0. The number of aromatic nitrogens is 2. The number of rotatable bonds is 3. The number of H-pyrrole nitrogens is 1. The molecule has 0 fully saturated rings. The summed E-state index contributed by atoms with van der Waals surface area (Å²) in [6.07, 6.45) is 0.548. The van der Waals surface area contributed by atoms with Gasteiger partial charge in [0, 0.05) is 5.02 Å². The molecule has 0 bridgehead atoms. The number of aromatic amines is 1. The van der Waals surface area contributed by atoms with Crippen LogP contribution < -0.4 is 5.84 Å².